The highest BCUT2D eigenvalue weighted by Gasteiger charge is 2.21. The van der Waals surface area contributed by atoms with Crippen molar-refractivity contribution in [2.75, 3.05) is 33.3 Å². The molecule has 5 heteroatoms. The molecule has 1 amide bonds. The maximum absolute atomic E-state index is 12.4. The number of piperidine rings is 1. The number of nitrogens with one attached hydrogen (secondary N) is 1. The lowest BCUT2D eigenvalue weighted by atomic mass is 10.0. The van der Waals surface area contributed by atoms with Crippen LogP contribution in [0, 0.1) is 0 Å². The Morgan fingerprint density at radius 3 is 2.41 bits per heavy atom. The number of carbonyl (C=O) groups excluding carboxylic acids is 1. The van der Waals surface area contributed by atoms with Crippen molar-refractivity contribution in [1.82, 2.24) is 15.1 Å². The third-order valence-corrected chi connectivity index (χ3v) is 5.30. The second-order valence-electron chi connectivity index (χ2n) is 7.85. The van der Waals surface area contributed by atoms with E-state index in [2.05, 4.69) is 57.6 Å². The number of ether oxygens (including phenoxy) is 1. The zero-order valence-electron chi connectivity index (χ0n) is 17.6. The quantitative estimate of drug-likeness (QED) is 0.708. The summed E-state index contributed by atoms with van der Waals surface area (Å²) in [6.45, 7) is 6.86. The fourth-order valence-corrected chi connectivity index (χ4v) is 3.82. The van der Waals surface area contributed by atoms with Crippen molar-refractivity contribution in [3.8, 4) is 5.75 Å². The summed E-state index contributed by atoms with van der Waals surface area (Å²) in [4.78, 5) is 17.0. The molecule has 156 valence electrons. The predicted octanol–water partition coefficient (Wildman–Crippen LogP) is 3.30. The first-order valence-electron chi connectivity index (χ1n) is 10.6. The molecule has 5 nitrogen and oxygen atoms in total. The topological polar surface area (TPSA) is 44.8 Å². The van der Waals surface area contributed by atoms with Crippen molar-refractivity contribution in [2.45, 2.75) is 38.9 Å². The molecule has 0 bridgehead atoms. The Morgan fingerprint density at radius 2 is 1.76 bits per heavy atom. The Balaban J connectivity index is 1.36. The van der Waals surface area contributed by atoms with Gasteiger partial charge in [-0.1, -0.05) is 42.5 Å². The van der Waals surface area contributed by atoms with Crippen molar-refractivity contribution in [2.24, 2.45) is 0 Å². The van der Waals surface area contributed by atoms with E-state index >= 15 is 0 Å². The molecule has 1 aliphatic heterocycles. The molecule has 0 unspecified atom stereocenters. The SMILES string of the molecule is CCOc1ccc(CN(C)CC(=O)NC2CCN(Cc3ccccc3)CC2)cc1. The number of hydrogen-bond acceptors (Lipinski definition) is 4. The molecule has 2 aromatic rings. The van der Waals surface area contributed by atoms with E-state index < -0.39 is 0 Å². The van der Waals surface area contributed by atoms with Crippen molar-refractivity contribution in [1.29, 1.82) is 0 Å². The van der Waals surface area contributed by atoms with Crippen LogP contribution >= 0.6 is 0 Å². The van der Waals surface area contributed by atoms with Crippen molar-refractivity contribution in [3.63, 3.8) is 0 Å². The highest BCUT2D eigenvalue weighted by molar-refractivity contribution is 5.78. The van der Waals surface area contributed by atoms with Crippen LogP contribution < -0.4 is 10.1 Å². The first kappa shape index (κ1) is 21.3. The maximum atomic E-state index is 12.4. The minimum absolute atomic E-state index is 0.111. The molecular weight excluding hydrogens is 362 g/mol. The van der Waals surface area contributed by atoms with E-state index in [-0.39, 0.29) is 11.9 Å². The Hall–Kier alpha value is -2.37. The summed E-state index contributed by atoms with van der Waals surface area (Å²) in [6.07, 6.45) is 2.03. The summed E-state index contributed by atoms with van der Waals surface area (Å²) in [5, 5.41) is 3.22. The lowest BCUT2D eigenvalue weighted by molar-refractivity contribution is -0.123. The van der Waals surface area contributed by atoms with Crippen LogP contribution in [0.15, 0.2) is 54.6 Å². The minimum Gasteiger partial charge on any atom is -0.494 e. The molecular formula is C24H33N3O2. The van der Waals surface area contributed by atoms with Gasteiger partial charge in [0.25, 0.3) is 0 Å². The Morgan fingerprint density at radius 1 is 1.07 bits per heavy atom. The molecule has 1 heterocycles. The van der Waals surface area contributed by atoms with E-state index in [1.807, 2.05) is 26.1 Å². The van der Waals surface area contributed by atoms with Gasteiger partial charge in [-0.05, 0) is 50.1 Å². The number of carbonyl (C=O) groups is 1. The second kappa shape index (κ2) is 11.0. The van der Waals surface area contributed by atoms with Crippen LogP contribution in [-0.4, -0.2) is 55.0 Å². The average Bonchev–Trinajstić information content (AvgIpc) is 2.72. The largest absolute Gasteiger partial charge is 0.494 e. The van der Waals surface area contributed by atoms with Crippen molar-refractivity contribution >= 4 is 5.91 Å². The lowest BCUT2D eigenvalue weighted by Crippen LogP contribution is -2.46. The Labute approximate surface area is 174 Å². The van der Waals surface area contributed by atoms with E-state index in [1.54, 1.807) is 0 Å². The van der Waals surface area contributed by atoms with E-state index in [0.717, 1.165) is 44.8 Å². The molecule has 0 radical (unpaired) electrons. The van der Waals surface area contributed by atoms with Gasteiger partial charge in [-0.2, -0.15) is 0 Å². The first-order chi connectivity index (χ1) is 14.1. The van der Waals surface area contributed by atoms with Crippen LogP contribution in [0.2, 0.25) is 0 Å². The van der Waals surface area contributed by atoms with Crippen LogP contribution in [0.5, 0.6) is 5.75 Å². The Kier molecular flexibility index (Phi) is 8.08. The molecule has 1 aliphatic rings. The highest BCUT2D eigenvalue weighted by atomic mass is 16.5. The van der Waals surface area contributed by atoms with Gasteiger partial charge >= 0.3 is 0 Å². The van der Waals surface area contributed by atoms with Crippen LogP contribution in [0.25, 0.3) is 0 Å². The van der Waals surface area contributed by atoms with Gasteiger partial charge in [0.15, 0.2) is 0 Å². The van der Waals surface area contributed by atoms with Gasteiger partial charge < -0.3 is 10.1 Å². The lowest BCUT2D eigenvalue weighted by Gasteiger charge is -2.32. The smallest absolute Gasteiger partial charge is 0.234 e. The number of hydrogen-bond donors (Lipinski definition) is 1. The van der Waals surface area contributed by atoms with Crippen molar-refractivity contribution < 1.29 is 9.53 Å². The number of likely N-dealkylation sites (tertiary alicyclic amines) is 1. The summed E-state index contributed by atoms with van der Waals surface area (Å²) < 4.78 is 5.47. The first-order valence-corrected chi connectivity index (χ1v) is 10.6. The van der Waals surface area contributed by atoms with Gasteiger partial charge in [0.2, 0.25) is 5.91 Å². The predicted molar refractivity (Wildman–Crippen MR) is 117 cm³/mol. The van der Waals surface area contributed by atoms with Gasteiger partial charge in [-0.15, -0.1) is 0 Å². The molecule has 0 aliphatic carbocycles. The summed E-state index contributed by atoms with van der Waals surface area (Å²) in [6, 6.07) is 18.9. The molecule has 0 saturated carbocycles. The van der Waals surface area contributed by atoms with Crippen LogP contribution in [0.4, 0.5) is 0 Å². The molecule has 1 N–H and O–H groups in total. The monoisotopic (exact) mass is 395 g/mol. The fraction of sp³-hybridized carbons (Fsp3) is 0.458. The highest BCUT2D eigenvalue weighted by Crippen LogP contribution is 2.15. The molecule has 0 spiro atoms. The van der Waals surface area contributed by atoms with Crippen molar-refractivity contribution in [3.05, 3.63) is 65.7 Å². The third kappa shape index (κ3) is 7.18. The van der Waals surface area contributed by atoms with Gasteiger partial charge in [-0.25, -0.2) is 0 Å². The molecule has 0 atom stereocenters. The normalized spacial score (nSPS) is 15.4. The standard InChI is InChI=1S/C24H33N3O2/c1-3-29-23-11-9-21(10-12-23)17-26(2)19-24(28)25-22-13-15-27(16-14-22)18-20-7-5-4-6-8-20/h4-12,22H,3,13-19H2,1-2H3,(H,25,28). The molecule has 2 aromatic carbocycles. The van der Waals surface area contributed by atoms with E-state index in [1.165, 1.54) is 11.1 Å². The summed E-state index contributed by atoms with van der Waals surface area (Å²) in [5.74, 6) is 0.996. The van der Waals surface area contributed by atoms with E-state index in [4.69, 9.17) is 4.74 Å². The number of nitrogens with zero attached hydrogens (tertiary/aromatic N) is 2. The summed E-state index contributed by atoms with van der Waals surface area (Å²) >= 11 is 0. The second-order valence-corrected chi connectivity index (χ2v) is 7.85. The zero-order valence-corrected chi connectivity index (χ0v) is 17.6. The van der Waals surface area contributed by atoms with Gasteiger partial charge in [0.05, 0.1) is 13.2 Å². The number of amides is 1. The van der Waals surface area contributed by atoms with E-state index in [9.17, 15) is 4.79 Å². The number of rotatable bonds is 9. The molecule has 0 aromatic heterocycles. The molecule has 3 rings (SSSR count). The zero-order chi connectivity index (χ0) is 20.5. The molecule has 29 heavy (non-hydrogen) atoms. The maximum Gasteiger partial charge on any atom is 0.234 e. The summed E-state index contributed by atoms with van der Waals surface area (Å²) in [5.41, 5.74) is 2.53. The van der Waals surface area contributed by atoms with Crippen LogP contribution in [0.1, 0.15) is 30.9 Å². The average molecular weight is 396 g/mol. The van der Waals surface area contributed by atoms with Crippen LogP contribution in [-0.2, 0) is 17.9 Å². The van der Waals surface area contributed by atoms with Crippen LogP contribution in [0.3, 0.4) is 0 Å². The van der Waals surface area contributed by atoms with E-state index in [0.29, 0.717) is 13.2 Å². The fourth-order valence-electron chi connectivity index (χ4n) is 3.82. The van der Waals surface area contributed by atoms with Gasteiger partial charge in [-0.3, -0.25) is 14.6 Å². The minimum atomic E-state index is 0.111. The summed E-state index contributed by atoms with van der Waals surface area (Å²) in [7, 11) is 1.98. The third-order valence-electron chi connectivity index (χ3n) is 5.30. The van der Waals surface area contributed by atoms with Gasteiger partial charge in [0.1, 0.15) is 5.75 Å². The number of benzene rings is 2. The number of likely N-dealkylation sites (N-methyl/N-ethyl adjacent to an activating group) is 1. The molecule has 1 fully saturated rings. The van der Waals surface area contributed by atoms with Gasteiger partial charge in [0, 0.05) is 32.2 Å². The molecule has 1 saturated heterocycles. The Bertz CT molecular complexity index is 740.